The number of carboxylic acid groups (broad SMARTS) is 1. The fourth-order valence-electron chi connectivity index (χ4n) is 0.857. The topological polar surface area (TPSA) is 55.8 Å². The van der Waals surface area contributed by atoms with E-state index in [4.69, 9.17) is 14.6 Å². The molecule has 1 fully saturated rings. The third-order valence-corrected chi connectivity index (χ3v) is 1.37. The molecule has 0 saturated carbocycles. The highest BCUT2D eigenvalue weighted by Crippen LogP contribution is 2.08. The number of hydrogen-bond acceptors (Lipinski definition) is 3. The van der Waals surface area contributed by atoms with Crippen molar-refractivity contribution in [2.24, 2.45) is 0 Å². The van der Waals surface area contributed by atoms with Crippen molar-refractivity contribution in [3.63, 3.8) is 0 Å². The Hall–Kier alpha value is -0.610. The summed E-state index contributed by atoms with van der Waals surface area (Å²) in [4.78, 5) is 10.1. The van der Waals surface area contributed by atoms with Gasteiger partial charge in [0.1, 0.15) is 6.79 Å². The summed E-state index contributed by atoms with van der Waals surface area (Å²) >= 11 is 0. The van der Waals surface area contributed by atoms with Crippen LogP contribution < -0.4 is 0 Å². The van der Waals surface area contributed by atoms with E-state index in [9.17, 15) is 4.79 Å². The van der Waals surface area contributed by atoms with Gasteiger partial charge in [0.05, 0.1) is 19.1 Å². The normalized spacial score (nSPS) is 26.2. The van der Waals surface area contributed by atoms with Crippen molar-refractivity contribution in [1.82, 2.24) is 0 Å². The standard InChI is InChI=1S/C6H10O4/c7-6(8)3-5-1-2-9-4-10-5/h5H,1-4H2,(H,7,8). The summed E-state index contributed by atoms with van der Waals surface area (Å²) < 4.78 is 9.85. The van der Waals surface area contributed by atoms with E-state index in [1.54, 1.807) is 0 Å². The molecule has 4 heteroatoms. The fraction of sp³-hybridized carbons (Fsp3) is 0.833. The second-order valence-electron chi connectivity index (χ2n) is 2.20. The minimum atomic E-state index is -0.813. The van der Waals surface area contributed by atoms with Crippen LogP contribution in [0.1, 0.15) is 12.8 Å². The van der Waals surface area contributed by atoms with Gasteiger partial charge in [0.2, 0.25) is 0 Å². The molecule has 1 rings (SSSR count). The van der Waals surface area contributed by atoms with Crippen molar-refractivity contribution in [3.8, 4) is 0 Å². The predicted octanol–water partition coefficient (Wildman–Crippen LogP) is 0.224. The molecule has 1 unspecified atom stereocenters. The second-order valence-corrected chi connectivity index (χ2v) is 2.20. The molecule has 58 valence electrons. The van der Waals surface area contributed by atoms with E-state index in [-0.39, 0.29) is 19.3 Å². The zero-order chi connectivity index (χ0) is 7.40. The molecule has 10 heavy (non-hydrogen) atoms. The zero-order valence-corrected chi connectivity index (χ0v) is 5.58. The molecule has 4 nitrogen and oxygen atoms in total. The Morgan fingerprint density at radius 3 is 3.00 bits per heavy atom. The maximum absolute atomic E-state index is 10.1. The van der Waals surface area contributed by atoms with Gasteiger partial charge in [-0.2, -0.15) is 0 Å². The molecule has 1 atom stereocenters. The molecular formula is C6H10O4. The lowest BCUT2D eigenvalue weighted by Crippen LogP contribution is -2.25. The van der Waals surface area contributed by atoms with Crippen molar-refractivity contribution in [2.75, 3.05) is 13.4 Å². The molecule has 0 aliphatic carbocycles. The predicted molar refractivity (Wildman–Crippen MR) is 32.6 cm³/mol. The van der Waals surface area contributed by atoms with Gasteiger partial charge >= 0.3 is 5.97 Å². The van der Waals surface area contributed by atoms with Crippen LogP contribution in [-0.4, -0.2) is 30.6 Å². The van der Waals surface area contributed by atoms with Crippen molar-refractivity contribution in [2.45, 2.75) is 18.9 Å². The summed E-state index contributed by atoms with van der Waals surface area (Å²) in [6.07, 6.45) is 0.626. The van der Waals surface area contributed by atoms with E-state index in [0.29, 0.717) is 13.0 Å². The van der Waals surface area contributed by atoms with Crippen LogP contribution in [-0.2, 0) is 14.3 Å². The van der Waals surface area contributed by atoms with Gasteiger partial charge in [0.25, 0.3) is 0 Å². The minimum absolute atomic E-state index is 0.0867. The van der Waals surface area contributed by atoms with Crippen LogP contribution in [0.15, 0.2) is 0 Å². The third kappa shape index (κ3) is 2.33. The van der Waals surface area contributed by atoms with Crippen LogP contribution in [0.25, 0.3) is 0 Å². The Morgan fingerprint density at radius 2 is 2.50 bits per heavy atom. The SMILES string of the molecule is O=C(O)CC1CCOCO1. The Kier molecular flexibility index (Phi) is 2.65. The average molecular weight is 146 g/mol. The number of hydrogen-bond donors (Lipinski definition) is 1. The highest BCUT2D eigenvalue weighted by atomic mass is 16.7. The van der Waals surface area contributed by atoms with E-state index in [2.05, 4.69) is 0 Å². The maximum Gasteiger partial charge on any atom is 0.305 e. The highest BCUT2D eigenvalue weighted by Gasteiger charge is 2.16. The molecule has 0 aromatic carbocycles. The van der Waals surface area contributed by atoms with Crippen molar-refractivity contribution in [1.29, 1.82) is 0 Å². The molecule has 0 bridgehead atoms. The van der Waals surface area contributed by atoms with Crippen LogP contribution in [0.2, 0.25) is 0 Å². The molecule has 0 radical (unpaired) electrons. The summed E-state index contributed by atoms with van der Waals surface area (Å²) in [6.45, 7) is 0.843. The maximum atomic E-state index is 10.1. The lowest BCUT2D eigenvalue weighted by Gasteiger charge is -2.20. The Bertz CT molecular complexity index is 117. The van der Waals surface area contributed by atoms with Crippen LogP contribution in [0.4, 0.5) is 0 Å². The summed E-state index contributed by atoms with van der Waals surface area (Å²) in [7, 11) is 0. The van der Waals surface area contributed by atoms with Crippen molar-refractivity contribution < 1.29 is 19.4 Å². The summed E-state index contributed by atoms with van der Waals surface area (Å²) in [6, 6.07) is 0. The minimum Gasteiger partial charge on any atom is -0.481 e. The Balaban J connectivity index is 2.19. The smallest absolute Gasteiger partial charge is 0.305 e. The molecule has 0 aromatic heterocycles. The lowest BCUT2D eigenvalue weighted by molar-refractivity contribution is -0.158. The van der Waals surface area contributed by atoms with Gasteiger partial charge < -0.3 is 14.6 Å². The first kappa shape index (κ1) is 7.50. The fourth-order valence-corrected chi connectivity index (χ4v) is 0.857. The van der Waals surface area contributed by atoms with Gasteiger partial charge in [-0.3, -0.25) is 4.79 Å². The monoisotopic (exact) mass is 146 g/mol. The second kappa shape index (κ2) is 3.53. The van der Waals surface area contributed by atoms with Gasteiger partial charge in [-0.05, 0) is 6.42 Å². The molecule has 0 amide bonds. The van der Waals surface area contributed by atoms with Crippen LogP contribution in [0.3, 0.4) is 0 Å². The number of carboxylic acids is 1. The van der Waals surface area contributed by atoms with Crippen LogP contribution in [0.5, 0.6) is 0 Å². The first-order valence-corrected chi connectivity index (χ1v) is 3.20. The number of carbonyl (C=O) groups is 1. The molecule has 0 spiro atoms. The van der Waals surface area contributed by atoms with Gasteiger partial charge in [-0.15, -0.1) is 0 Å². The van der Waals surface area contributed by atoms with Gasteiger partial charge in [-0.1, -0.05) is 0 Å². The first-order valence-electron chi connectivity index (χ1n) is 3.20. The van der Waals surface area contributed by atoms with E-state index in [0.717, 1.165) is 0 Å². The van der Waals surface area contributed by atoms with Crippen molar-refractivity contribution in [3.05, 3.63) is 0 Å². The van der Waals surface area contributed by atoms with E-state index in [1.165, 1.54) is 0 Å². The highest BCUT2D eigenvalue weighted by molar-refractivity contribution is 5.67. The Morgan fingerprint density at radius 1 is 1.70 bits per heavy atom. The summed E-state index contributed by atoms with van der Waals surface area (Å²) in [5.41, 5.74) is 0. The Labute approximate surface area is 58.7 Å². The lowest BCUT2D eigenvalue weighted by atomic mass is 10.2. The van der Waals surface area contributed by atoms with E-state index < -0.39 is 5.97 Å². The molecule has 1 saturated heterocycles. The summed E-state index contributed by atoms with van der Waals surface area (Å²) in [5.74, 6) is -0.813. The number of rotatable bonds is 2. The van der Waals surface area contributed by atoms with Crippen LogP contribution in [0, 0.1) is 0 Å². The zero-order valence-electron chi connectivity index (χ0n) is 5.58. The summed E-state index contributed by atoms with van der Waals surface area (Å²) in [5, 5.41) is 8.34. The first-order chi connectivity index (χ1) is 4.79. The molecule has 1 N–H and O–H groups in total. The average Bonchev–Trinajstić information content (AvgIpc) is 1.88. The number of aliphatic carboxylic acids is 1. The molecular weight excluding hydrogens is 136 g/mol. The third-order valence-electron chi connectivity index (χ3n) is 1.37. The molecule has 1 heterocycles. The molecule has 0 aromatic rings. The molecule has 1 aliphatic rings. The largest absolute Gasteiger partial charge is 0.481 e. The van der Waals surface area contributed by atoms with Gasteiger partial charge in [0.15, 0.2) is 0 Å². The quantitative estimate of drug-likeness (QED) is 0.605. The van der Waals surface area contributed by atoms with Crippen LogP contribution >= 0.6 is 0 Å². The van der Waals surface area contributed by atoms with Gasteiger partial charge in [-0.25, -0.2) is 0 Å². The van der Waals surface area contributed by atoms with E-state index in [1.807, 2.05) is 0 Å². The van der Waals surface area contributed by atoms with E-state index >= 15 is 0 Å². The molecule has 1 aliphatic heterocycles. The van der Waals surface area contributed by atoms with Crippen molar-refractivity contribution >= 4 is 5.97 Å². The van der Waals surface area contributed by atoms with Gasteiger partial charge in [0, 0.05) is 0 Å². The number of ether oxygens (including phenoxy) is 2.